The van der Waals surface area contributed by atoms with Gasteiger partial charge in [0.25, 0.3) is 15.7 Å². The van der Waals surface area contributed by atoms with Gasteiger partial charge in [-0.3, -0.25) is 10.1 Å². The highest BCUT2D eigenvalue weighted by Gasteiger charge is 2.20. The van der Waals surface area contributed by atoms with Crippen molar-refractivity contribution in [2.45, 2.75) is 4.21 Å². The van der Waals surface area contributed by atoms with Crippen LogP contribution in [0.15, 0.2) is 46.0 Å². The number of sulfonamides is 1. The Bertz CT molecular complexity index is 727. The van der Waals surface area contributed by atoms with Crippen LogP contribution >= 0.6 is 11.3 Å². The van der Waals surface area contributed by atoms with Crippen LogP contribution in [0.3, 0.4) is 0 Å². The van der Waals surface area contributed by atoms with Crippen molar-refractivity contribution >= 4 is 32.7 Å². The third kappa shape index (κ3) is 3.81. The fourth-order valence-corrected chi connectivity index (χ4v) is 4.12. The second kappa shape index (κ2) is 6.86. The van der Waals surface area contributed by atoms with E-state index in [2.05, 4.69) is 5.32 Å². The van der Waals surface area contributed by atoms with Crippen molar-refractivity contribution in [2.75, 3.05) is 25.5 Å². The van der Waals surface area contributed by atoms with Crippen LogP contribution in [0.25, 0.3) is 0 Å². The first-order valence-electron chi connectivity index (χ1n) is 6.39. The molecular weight excluding hydrogens is 326 g/mol. The molecule has 1 heterocycles. The lowest BCUT2D eigenvalue weighted by molar-refractivity contribution is -0.384. The predicted molar refractivity (Wildman–Crippen MR) is 85.7 cm³/mol. The summed E-state index contributed by atoms with van der Waals surface area (Å²) in [5.74, 6) is 0. The molecule has 7 nitrogen and oxygen atoms in total. The zero-order valence-electron chi connectivity index (χ0n) is 11.8. The standard InChI is InChI=1S/C13H15N3O4S2/c1-15(22(19,20)13-3-2-10-21-13)9-8-14-11-4-6-12(7-5-11)16(17)18/h2-7,10,14H,8-9H2,1H3. The summed E-state index contributed by atoms with van der Waals surface area (Å²) < 4.78 is 26.0. The molecule has 0 aliphatic rings. The van der Waals surface area contributed by atoms with Crippen LogP contribution in [0.1, 0.15) is 0 Å². The second-order valence-electron chi connectivity index (χ2n) is 4.49. The van der Waals surface area contributed by atoms with Crippen LogP contribution in [0.2, 0.25) is 0 Å². The fraction of sp³-hybridized carbons (Fsp3) is 0.231. The summed E-state index contributed by atoms with van der Waals surface area (Å²) in [7, 11) is -1.93. The molecule has 0 atom stereocenters. The van der Waals surface area contributed by atoms with Crippen molar-refractivity contribution in [1.29, 1.82) is 0 Å². The van der Waals surface area contributed by atoms with Crippen LogP contribution in [-0.2, 0) is 10.0 Å². The molecule has 2 rings (SSSR count). The Balaban J connectivity index is 1.89. The maximum atomic E-state index is 12.2. The average molecular weight is 341 g/mol. The maximum Gasteiger partial charge on any atom is 0.269 e. The summed E-state index contributed by atoms with van der Waals surface area (Å²) in [4.78, 5) is 10.1. The van der Waals surface area contributed by atoms with Gasteiger partial charge in [-0.25, -0.2) is 8.42 Å². The number of hydrogen-bond acceptors (Lipinski definition) is 6. The number of rotatable bonds is 7. The quantitative estimate of drug-likeness (QED) is 0.616. The predicted octanol–water partition coefficient (Wildman–Crippen LogP) is 2.39. The second-order valence-corrected chi connectivity index (χ2v) is 7.71. The summed E-state index contributed by atoms with van der Waals surface area (Å²) in [6.45, 7) is 0.691. The van der Waals surface area contributed by atoms with Crippen molar-refractivity contribution in [2.24, 2.45) is 0 Å². The van der Waals surface area contributed by atoms with Crippen molar-refractivity contribution in [1.82, 2.24) is 4.31 Å². The maximum absolute atomic E-state index is 12.2. The molecule has 0 aliphatic carbocycles. The van der Waals surface area contributed by atoms with Gasteiger partial charge in [-0.05, 0) is 23.6 Å². The van der Waals surface area contributed by atoms with Crippen LogP contribution < -0.4 is 5.32 Å². The van der Waals surface area contributed by atoms with Crippen LogP contribution in [-0.4, -0.2) is 37.8 Å². The van der Waals surface area contributed by atoms with E-state index in [1.807, 2.05) is 0 Å². The number of nitrogens with zero attached hydrogens (tertiary/aromatic N) is 2. The Morgan fingerprint density at radius 2 is 1.95 bits per heavy atom. The minimum atomic E-state index is -3.45. The van der Waals surface area contributed by atoms with Gasteiger partial charge in [0.05, 0.1) is 4.92 Å². The van der Waals surface area contributed by atoms with Crippen molar-refractivity contribution < 1.29 is 13.3 Å². The number of benzene rings is 1. The van der Waals surface area contributed by atoms with Gasteiger partial charge in [-0.1, -0.05) is 6.07 Å². The molecule has 0 aliphatic heterocycles. The molecule has 0 amide bonds. The zero-order chi connectivity index (χ0) is 16.2. The minimum Gasteiger partial charge on any atom is -0.384 e. The Kier molecular flexibility index (Phi) is 5.11. The van der Waals surface area contributed by atoms with Gasteiger partial charge >= 0.3 is 0 Å². The molecule has 0 unspecified atom stereocenters. The largest absolute Gasteiger partial charge is 0.384 e. The summed E-state index contributed by atoms with van der Waals surface area (Å²) in [5.41, 5.74) is 0.718. The smallest absolute Gasteiger partial charge is 0.269 e. The van der Waals surface area contributed by atoms with E-state index in [9.17, 15) is 18.5 Å². The molecular formula is C13H15N3O4S2. The molecule has 0 saturated carbocycles. The first-order chi connectivity index (χ1) is 10.4. The Morgan fingerprint density at radius 1 is 1.27 bits per heavy atom. The summed E-state index contributed by atoms with van der Waals surface area (Å²) in [6.07, 6.45) is 0. The molecule has 0 spiro atoms. The van der Waals surface area contributed by atoms with Gasteiger partial charge in [0.2, 0.25) is 0 Å². The number of nitrogens with one attached hydrogen (secondary N) is 1. The fourth-order valence-electron chi connectivity index (χ4n) is 1.74. The van der Waals surface area contributed by atoms with Crippen molar-refractivity contribution in [3.8, 4) is 0 Å². The lowest BCUT2D eigenvalue weighted by Crippen LogP contribution is -2.31. The van der Waals surface area contributed by atoms with Crippen LogP contribution in [0.4, 0.5) is 11.4 Å². The van der Waals surface area contributed by atoms with E-state index in [4.69, 9.17) is 0 Å². The molecule has 0 radical (unpaired) electrons. The van der Waals surface area contributed by atoms with Gasteiger partial charge in [0, 0.05) is 38.0 Å². The molecule has 1 aromatic carbocycles. The van der Waals surface area contributed by atoms with E-state index in [-0.39, 0.29) is 12.2 Å². The van der Waals surface area contributed by atoms with Crippen LogP contribution in [0, 0.1) is 10.1 Å². The number of thiophene rings is 1. The van der Waals surface area contributed by atoms with E-state index in [1.165, 1.54) is 34.8 Å². The average Bonchev–Trinajstić information content (AvgIpc) is 3.02. The van der Waals surface area contributed by atoms with E-state index in [0.29, 0.717) is 16.4 Å². The first-order valence-corrected chi connectivity index (χ1v) is 8.71. The molecule has 2 aromatic rings. The number of likely N-dealkylation sites (N-methyl/N-ethyl adjacent to an activating group) is 1. The highest BCUT2D eigenvalue weighted by Crippen LogP contribution is 2.19. The molecule has 0 saturated heterocycles. The van der Waals surface area contributed by atoms with Gasteiger partial charge in [0.1, 0.15) is 4.21 Å². The summed E-state index contributed by atoms with van der Waals surface area (Å²) in [5, 5.41) is 15.3. The number of nitro groups is 1. The van der Waals surface area contributed by atoms with E-state index < -0.39 is 14.9 Å². The third-order valence-corrected chi connectivity index (χ3v) is 6.22. The Labute approximate surface area is 132 Å². The molecule has 0 fully saturated rings. The van der Waals surface area contributed by atoms with E-state index >= 15 is 0 Å². The number of hydrogen-bond donors (Lipinski definition) is 1. The monoisotopic (exact) mass is 341 g/mol. The number of nitro benzene ring substituents is 1. The highest BCUT2D eigenvalue weighted by molar-refractivity contribution is 7.91. The van der Waals surface area contributed by atoms with E-state index in [0.717, 1.165) is 0 Å². The summed E-state index contributed by atoms with van der Waals surface area (Å²) >= 11 is 1.18. The van der Waals surface area contributed by atoms with Gasteiger partial charge in [0.15, 0.2) is 0 Å². The normalized spacial score (nSPS) is 11.5. The zero-order valence-corrected chi connectivity index (χ0v) is 13.4. The first kappa shape index (κ1) is 16.4. The van der Waals surface area contributed by atoms with E-state index in [1.54, 1.807) is 29.6 Å². The lowest BCUT2D eigenvalue weighted by atomic mass is 10.3. The third-order valence-electron chi connectivity index (χ3n) is 2.99. The van der Waals surface area contributed by atoms with Gasteiger partial charge < -0.3 is 5.32 Å². The van der Waals surface area contributed by atoms with Crippen molar-refractivity contribution in [3.05, 3.63) is 51.9 Å². The molecule has 1 aromatic heterocycles. The molecule has 9 heteroatoms. The molecule has 1 N–H and O–H groups in total. The SMILES string of the molecule is CN(CCNc1ccc([N+](=O)[O-])cc1)S(=O)(=O)c1cccs1. The number of non-ortho nitro benzene ring substituents is 1. The number of anilines is 1. The summed E-state index contributed by atoms with van der Waals surface area (Å²) in [6, 6.07) is 9.24. The van der Waals surface area contributed by atoms with Crippen LogP contribution in [0.5, 0.6) is 0 Å². The van der Waals surface area contributed by atoms with Gasteiger partial charge in [-0.15, -0.1) is 11.3 Å². The molecule has 0 bridgehead atoms. The topological polar surface area (TPSA) is 92.5 Å². The Hall–Kier alpha value is -1.97. The van der Waals surface area contributed by atoms with Crippen molar-refractivity contribution in [3.63, 3.8) is 0 Å². The van der Waals surface area contributed by atoms with Gasteiger partial charge in [-0.2, -0.15) is 4.31 Å². The minimum absolute atomic E-state index is 0.0166. The lowest BCUT2D eigenvalue weighted by Gasteiger charge is -2.16. The Morgan fingerprint density at radius 3 is 2.50 bits per heavy atom. The molecule has 118 valence electrons. The molecule has 22 heavy (non-hydrogen) atoms. The highest BCUT2D eigenvalue weighted by atomic mass is 32.2.